The molecule has 1 nitrogen and oxygen atoms in total. The van der Waals surface area contributed by atoms with Crippen molar-refractivity contribution in [2.45, 2.75) is 85.2 Å². The van der Waals surface area contributed by atoms with E-state index in [0.29, 0.717) is 10.8 Å². The average molecular weight is 305 g/mol. The lowest BCUT2D eigenvalue weighted by atomic mass is 9.43. The molecule has 126 valence electrons. The number of rotatable bonds is 0. The summed E-state index contributed by atoms with van der Waals surface area (Å²) in [7, 11) is 0. The summed E-state index contributed by atoms with van der Waals surface area (Å²) in [4.78, 5) is 0. The van der Waals surface area contributed by atoms with Gasteiger partial charge in [0, 0.05) is 0 Å². The molecule has 0 bridgehead atoms. The molecule has 0 heterocycles. The van der Waals surface area contributed by atoms with Crippen molar-refractivity contribution in [2.24, 2.45) is 46.3 Å². The fraction of sp³-hybridized carbons (Fsp3) is 1.00. The van der Waals surface area contributed by atoms with E-state index >= 15 is 0 Å². The van der Waals surface area contributed by atoms with Crippen LogP contribution in [0.15, 0.2) is 0 Å². The second-order valence-corrected chi connectivity index (χ2v) is 10.1. The van der Waals surface area contributed by atoms with Gasteiger partial charge in [0.15, 0.2) is 0 Å². The lowest BCUT2D eigenvalue weighted by Gasteiger charge is -2.62. The highest BCUT2D eigenvalue weighted by atomic mass is 16.3. The second-order valence-electron chi connectivity index (χ2n) is 10.1. The van der Waals surface area contributed by atoms with Gasteiger partial charge in [0.05, 0.1) is 6.10 Å². The summed E-state index contributed by atoms with van der Waals surface area (Å²) in [6, 6.07) is 0. The maximum Gasteiger partial charge on any atom is 0.0543 e. The lowest BCUT2D eigenvalue weighted by molar-refractivity contribution is -0.144. The Morgan fingerprint density at radius 3 is 2.36 bits per heavy atom. The molecule has 0 radical (unpaired) electrons. The summed E-state index contributed by atoms with van der Waals surface area (Å²) in [6.45, 7) is 10.3. The predicted molar refractivity (Wildman–Crippen MR) is 91.4 cm³/mol. The van der Waals surface area contributed by atoms with Crippen molar-refractivity contribution in [2.75, 3.05) is 0 Å². The van der Waals surface area contributed by atoms with E-state index in [1.54, 1.807) is 0 Å². The molecule has 4 fully saturated rings. The van der Waals surface area contributed by atoms with E-state index in [1.165, 1.54) is 38.5 Å². The molecule has 0 aromatic rings. The molecule has 0 amide bonds. The van der Waals surface area contributed by atoms with Gasteiger partial charge in [0.2, 0.25) is 0 Å². The molecule has 1 heteroatoms. The Morgan fingerprint density at radius 1 is 0.818 bits per heavy atom. The zero-order valence-electron chi connectivity index (χ0n) is 15.1. The number of hydrogen-bond acceptors (Lipinski definition) is 1. The van der Waals surface area contributed by atoms with Crippen molar-refractivity contribution in [3.8, 4) is 0 Å². The minimum absolute atomic E-state index is 0.00703. The van der Waals surface area contributed by atoms with Crippen LogP contribution in [0.4, 0.5) is 0 Å². The van der Waals surface area contributed by atoms with Crippen LogP contribution in [0.5, 0.6) is 0 Å². The number of fused-ring (bicyclic) bond motifs is 5. The Labute approximate surface area is 137 Å². The summed E-state index contributed by atoms with van der Waals surface area (Å²) in [6.07, 6.45) is 10.7. The lowest BCUT2D eigenvalue weighted by Crippen LogP contribution is -2.56. The fourth-order valence-corrected chi connectivity index (χ4v) is 7.92. The molecule has 0 spiro atoms. The predicted octanol–water partition coefficient (Wildman–Crippen LogP) is 5.27. The van der Waals surface area contributed by atoms with Crippen LogP contribution in [0.25, 0.3) is 0 Å². The molecule has 4 aliphatic rings. The second kappa shape index (κ2) is 4.98. The first-order valence-corrected chi connectivity index (χ1v) is 10.1. The molecule has 4 saturated carbocycles. The number of aliphatic hydroxyl groups excluding tert-OH is 1. The van der Waals surface area contributed by atoms with Crippen molar-refractivity contribution in [3.05, 3.63) is 0 Å². The maximum atomic E-state index is 10.1. The summed E-state index contributed by atoms with van der Waals surface area (Å²) < 4.78 is 0. The summed E-state index contributed by atoms with van der Waals surface area (Å²) in [5.74, 6) is 5.53. The van der Waals surface area contributed by atoms with Gasteiger partial charge in [-0.15, -0.1) is 0 Å². The Bertz CT molecular complexity index is 445. The largest absolute Gasteiger partial charge is 0.393 e. The van der Waals surface area contributed by atoms with Gasteiger partial charge in [-0.1, -0.05) is 27.7 Å². The minimum atomic E-state index is -0.00703. The Kier molecular flexibility index (Phi) is 3.50. The quantitative estimate of drug-likeness (QED) is 0.646. The highest BCUT2D eigenvalue weighted by molar-refractivity contribution is 5.10. The summed E-state index contributed by atoms with van der Waals surface area (Å²) >= 11 is 0. The van der Waals surface area contributed by atoms with Gasteiger partial charge in [0.25, 0.3) is 0 Å². The van der Waals surface area contributed by atoms with Crippen LogP contribution in [-0.2, 0) is 0 Å². The maximum absolute atomic E-state index is 10.1. The van der Waals surface area contributed by atoms with Crippen LogP contribution in [0, 0.1) is 46.3 Å². The van der Waals surface area contributed by atoms with Crippen molar-refractivity contribution in [1.29, 1.82) is 0 Å². The molecule has 0 saturated heterocycles. The van der Waals surface area contributed by atoms with Crippen LogP contribution in [-0.4, -0.2) is 11.2 Å². The third-order valence-electron chi connectivity index (χ3n) is 9.68. The van der Waals surface area contributed by atoms with Gasteiger partial charge in [-0.3, -0.25) is 0 Å². The van der Waals surface area contributed by atoms with Gasteiger partial charge in [-0.25, -0.2) is 0 Å². The van der Waals surface area contributed by atoms with Gasteiger partial charge in [-0.2, -0.15) is 0 Å². The van der Waals surface area contributed by atoms with Crippen molar-refractivity contribution >= 4 is 0 Å². The number of aliphatic hydroxyl groups is 1. The standard InChI is InChI=1S/C21H36O/c1-13-5-8-18-17-7-6-15-12-16(22)9-10-20(15,3)19(17)11-14(2)21(13,18)4/h13-19,22H,5-12H2,1-4H3. The average Bonchev–Trinajstić information content (AvgIpc) is 2.79. The Balaban J connectivity index is 1.66. The molecular weight excluding hydrogens is 268 g/mol. The van der Waals surface area contributed by atoms with Gasteiger partial charge in [0.1, 0.15) is 0 Å². The highest BCUT2D eigenvalue weighted by Crippen LogP contribution is 2.68. The molecule has 0 aromatic carbocycles. The van der Waals surface area contributed by atoms with E-state index in [0.717, 1.165) is 48.3 Å². The monoisotopic (exact) mass is 304 g/mol. The first kappa shape index (κ1) is 15.5. The SMILES string of the molecule is CC1CCC2C3CCC4CC(O)CCC4(C)C3CC(C)C12C. The van der Waals surface area contributed by atoms with E-state index in [2.05, 4.69) is 27.7 Å². The van der Waals surface area contributed by atoms with Crippen molar-refractivity contribution < 1.29 is 5.11 Å². The summed E-state index contributed by atoms with van der Waals surface area (Å²) in [5.41, 5.74) is 1.14. The zero-order chi connectivity index (χ0) is 15.7. The normalized spacial score (nSPS) is 61.2. The van der Waals surface area contributed by atoms with Crippen molar-refractivity contribution in [3.63, 3.8) is 0 Å². The molecule has 0 aromatic heterocycles. The first-order valence-electron chi connectivity index (χ1n) is 10.1. The molecule has 22 heavy (non-hydrogen) atoms. The highest BCUT2D eigenvalue weighted by Gasteiger charge is 2.61. The molecule has 4 aliphatic carbocycles. The van der Waals surface area contributed by atoms with Crippen LogP contribution in [0.1, 0.15) is 79.1 Å². The van der Waals surface area contributed by atoms with Crippen LogP contribution >= 0.6 is 0 Å². The van der Waals surface area contributed by atoms with Crippen LogP contribution in [0.3, 0.4) is 0 Å². The summed E-state index contributed by atoms with van der Waals surface area (Å²) in [5, 5.41) is 10.1. The van der Waals surface area contributed by atoms with Crippen molar-refractivity contribution in [1.82, 2.24) is 0 Å². The first-order chi connectivity index (χ1) is 10.4. The van der Waals surface area contributed by atoms with Crippen LogP contribution < -0.4 is 0 Å². The smallest absolute Gasteiger partial charge is 0.0543 e. The topological polar surface area (TPSA) is 20.2 Å². The van der Waals surface area contributed by atoms with E-state index in [4.69, 9.17) is 0 Å². The van der Waals surface area contributed by atoms with E-state index in [9.17, 15) is 5.11 Å². The zero-order valence-corrected chi connectivity index (χ0v) is 15.1. The van der Waals surface area contributed by atoms with Gasteiger partial charge < -0.3 is 5.11 Å². The molecular formula is C21H36O. The minimum Gasteiger partial charge on any atom is -0.393 e. The third-order valence-corrected chi connectivity index (χ3v) is 9.68. The van der Waals surface area contributed by atoms with E-state index in [-0.39, 0.29) is 6.10 Å². The van der Waals surface area contributed by atoms with Gasteiger partial charge >= 0.3 is 0 Å². The Morgan fingerprint density at radius 2 is 1.59 bits per heavy atom. The molecule has 9 unspecified atom stereocenters. The molecule has 0 aliphatic heterocycles. The number of hydrogen-bond donors (Lipinski definition) is 1. The molecule has 1 N–H and O–H groups in total. The molecule has 9 atom stereocenters. The van der Waals surface area contributed by atoms with E-state index in [1.807, 2.05) is 0 Å². The molecule has 4 rings (SSSR count). The Hall–Kier alpha value is -0.0400. The van der Waals surface area contributed by atoms with Crippen LogP contribution in [0.2, 0.25) is 0 Å². The fourth-order valence-electron chi connectivity index (χ4n) is 7.92. The third kappa shape index (κ3) is 1.87. The van der Waals surface area contributed by atoms with E-state index < -0.39 is 0 Å². The van der Waals surface area contributed by atoms with Gasteiger partial charge in [-0.05, 0) is 97.7 Å².